The minimum atomic E-state index is 1.14. The Morgan fingerprint density at radius 2 is 1.19 bits per heavy atom. The van der Waals surface area contributed by atoms with Gasteiger partial charge >= 0.3 is 0 Å². The van der Waals surface area contributed by atoms with Crippen LogP contribution in [-0.4, -0.2) is 0 Å². The second kappa shape index (κ2) is 5.87. The molecule has 0 saturated heterocycles. The Balaban J connectivity index is 2.15. The highest BCUT2D eigenvalue weighted by molar-refractivity contribution is 9.10. The van der Waals surface area contributed by atoms with Gasteiger partial charge < -0.3 is 0 Å². The molecule has 0 N–H and O–H groups in total. The molecule has 104 valence electrons. The molecule has 0 heterocycles. The maximum atomic E-state index is 3.66. The molecule has 0 spiro atoms. The first-order valence-electron chi connectivity index (χ1n) is 7.08. The van der Waals surface area contributed by atoms with Crippen LogP contribution in [0.1, 0.15) is 11.1 Å². The van der Waals surface area contributed by atoms with E-state index in [1.165, 1.54) is 33.4 Å². The average Bonchev–Trinajstić information content (AvgIpc) is 2.51. The van der Waals surface area contributed by atoms with Gasteiger partial charge in [0.15, 0.2) is 0 Å². The lowest BCUT2D eigenvalue weighted by atomic mass is 9.92. The topological polar surface area (TPSA) is 0 Å². The fraction of sp³-hybridized carbons (Fsp3) is 0.100. The zero-order chi connectivity index (χ0) is 14.8. The van der Waals surface area contributed by atoms with Gasteiger partial charge in [0.2, 0.25) is 0 Å². The Morgan fingerprint density at radius 3 is 1.90 bits per heavy atom. The van der Waals surface area contributed by atoms with E-state index in [9.17, 15) is 0 Å². The van der Waals surface area contributed by atoms with E-state index < -0.39 is 0 Å². The Kier molecular flexibility index (Phi) is 3.94. The zero-order valence-corrected chi connectivity index (χ0v) is 13.8. The van der Waals surface area contributed by atoms with Crippen molar-refractivity contribution in [1.82, 2.24) is 0 Å². The van der Waals surface area contributed by atoms with E-state index in [1.807, 2.05) is 6.07 Å². The van der Waals surface area contributed by atoms with Gasteiger partial charge in [0.25, 0.3) is 0 Å². The van der Waals surface area contributed by atoms with Gasteiger partial charge in [0.1, 0.15) is 0 Å². The van der Waals surface area contributed by atoms with E-state index in [0.29, 0.717) is 0 Å². The molecule has 0 fully saturated rings. The molecule has 0 nitrogen and oxygen atoms in total. The van der Waals surface area contributed by atoms with Gasteiger partial charge in [0.05, 0.1) is 0 Å². The highest BCUT2D eigenvalue weighted by Crippen LogP contribution is 2.34. The van der Waals surface area contributed by atoms with Gasteiger partial charge in [-0.1, -0.05) is 76.6 Å². The third kappa shape index (κ3) is 2.79. The number of hydrogen-bond donors (Lipinski definition) is 0. The molecular weight excluding hydrogens is 320 g/mol. The van der Waals surface area contributed by atoms with Crippen molar-refractivity contribution in [1.29, 1.82) is 0 Å². The van der Waals surface area contributed by atoms with Crippen molar-refractivity contribution >= 4 is 15.9 Å². The van der Waals surface area contributed by atoms with Gasteiger partial charge in [-0.25, -0.2) is 0 Å². The van der Waals surface area contributed by atoms with E-state index in [4.69, 9.17) is 0 Å². The SMILES string of the molecule is Cc1cc(-c2ccccc2Br)c(C)cc1-c1ccccc1. The third-order valence-electron chi connectivity index (χ3n) is 3.82. The second-order valence-electron chi connectivity index (χ2n) is 5.33. The predicted molar refractivity (Wildman–Crippen MR) is 94.5 cm³/mol. The Morgan fingerprint density at radius 1 is 0.619 bits per heavy atom. The lowest BCUT2D eigenvalue weighted by Gasteiger charge is -2.14. The summed E-state index contributed by atoms with van der Waals surface area (Å²) in [4.78, 5) is 0. The summed E-state index contributed by atoms with van der Waals surface area (Å²) in [6.45, 7) is 4.36. The Labute approximate surface area is 134 Å². The smallest absolute Gasteiger partial charge is 0.0253 e. The monoisotopic (exact) mass is 336 g/mol. The van der Waals surface area contributed by atoms with Crippen LogP contribution in [-0.2, 0) is 0 Å². The molecular formula is C20H17Br. The van der Waals surface area contributed by atoms with Crippen molar-refractivity contribution < 1.29 is 0 Å². The fourth-order valence-electron chi connectivity index (χ4n) is 2.71. The van der Waals surface area contributed by atoms with E-state index in [-0.39, 0.29) is 0 Å². The van der Waals surface area contributed by atoms with Crippen molar-refractivity contribution in [3.05, 3.63) is 82.3 Å². The summed E-state index contributed by atoms with van der Waals surface area (Å²) in [7, 11) is 0. The first-order chi connectivity index (χ1) is 10.2. The number of benzene rings is 3. The predicted octanol–water partition coefficient (Wildman–Crippen LogP) is 6.40. The van der Waals surface area contributed by atoms with Crippen molar-refractivity contribution in [3.63, 3.8) is 0 Å². The first kappa shape index (κ1) is 14.1. The van der Waals surface area contributed by atoms with Crippen molar-refractivity contribution in [2.24, 2.45) is 0 Å². The lowest BCUT2D eigenvalue weighted by molar-refractivity contribution is 1.38. The van der Waals surface area contributed by atoms with Crippen LogP contribution >= 0.6 is 15.9 Å². The molecule has 0 aliphatic rings. The molecule has 0 unspecified atom stereocenters. The van der Waals surface area contributed by atoms with Crippen molar-refractivity contribution in [2.45, 2.75) is 13.8 Å². The summed E-state index contributed by atoms with van der Waals surface area (Å²) in [5.74, 6) is 0. The third-order valence-corrected chi connectivity index (χ3v) is 4.51. The maximum Gasteiger partial charge on any atom is 0.0253 e. The summed E-state index contributed by atoms with van der Waals surface area (Å²) in [5, 5.41) is 0. The van der Waals surface area contributed by atoms with Crippen molar-refractivity contribution in [2.75, 3.05) is 0 Å². The van der Waals surface area contributed by atoms with Crippen LogP contribution in [0.3, 0.4) is 0 Å². The summed E-state index contributed by atoms with van der Waals surface area (Å²) < 4.78 is 1.14. The molecule has 0 atom stereocenters. The fourth-order valence-corrected chi connectivity index (χ4v) is 3.21. The molecule has 1 heteroatoms. The van der Waals surface area contributed by atoms with Crippen molar-refractivity contribution in [3.8, 4) is 22.3 Å². The number of hydrogen-bond acceptors (Lipinski definition) is 0. The largest absolute Gasteiger partial charge is 0.0622 e. The average molecular weight is 337 g/mol. The Bertz CT molecular complexity index is 773. The summed E-state index contributed by atoms with van der Waals surface area (Å²) in [5.41, 5.74) is 7.72. The minimum Gasteiger partial charge on any atom is -0.0622 e. The number of halogens is 1. The van der Waals surface area contributed by atoms with Gasteiger partial charge in [0, 0.05) is 4.47 Å². The number of aryl methyl sites for hydroxylation is 2. The van der Waals surface area contributed by atoms with Gasteiger partial charge in [-0.3, -0.25) is 0 Å². The molecule has 0 aromatic heterocycles. The van der Waals surface area contributed by atoms with Crippen LogP contribution in [0.4, 0.5) is 0 Å². The van der Waals surface area contributed by atoms with E-state index in [2.05, 4.69) is 90.4 Å². The molecule has 0 amide bonds. The van der Waals surface area contributed by atoms with E-state index in [0.717, 1.165) is 4.47 Å². The lowest BCUT2D eigenvalue weighted by Crippen LogP contribution is -1.90. The first-order valence-corrected chi connectivity index (χ1v) is 7.87. The second-order valence-corrected chi connectivity index (χ2v) is 6.18. The summed E-state index contributed by atoms with van der Waals surface area (Å²) in [6.07, 6.45) is 0. The molecule has 0 bridgehead atoms. The standard InChI is InChI=1S/C20H17Br/c1-14-13-19(17-10-6-7-11-20(17)21)15(2)12-18(14)16-8-4-3-5-9-16/h3-13H,1-2H3. The molecule has 21 heavy (non-hydrogen) atoms. The highest BCUT2D eigenvalue weighted by Gasteiger charge is 2.10. The molecule has 3 aromatic rings. The van der Waals surface area contributed by atoms with Crippen LogP contribution in [0, 0.1) is 13.8 Å². The number of rotatable bonds is 2. The quantitative estimate of drug-likeness (QED) is 0.507. The molecule has 3 rings (SSSR count). The molecule has 3 aromatic carbocycles. The molecule has 0 saturated carbocycles. The van der Waals surface area contributed by atoms with Gasteiger partial charge in [-0.2, -0.15) is 0 Å². The van der Waals surface area contributed by atoms with E-state index >= 15 is 0 Å². The minimum absolute atomic E-state index is 1.14. The van der Waals surface area contributed by atoms with Crippen LogP contribution in [0.25, 0.3) is 22.3 Å². The summed E-state index contributed by atoms with van der Waals surface area (Å²) >= 11 is 3.66. The highest BCUT2D eigenvalue weighted by atomic mass is 79.9. The molecule has 0 radical (unpaired) electrons. The van der Waals surface area contributed by atoms with Gasteiger partial charge in [-0.05, 0) is 53.3 Å². The molecule has 0 aliphatic heterocycles. The van der Waals surface area contributed by atoms with Crippen LogP contribution < -0.4 is 0 Å². The Hall–Kier alpha value is -1.86. The maximum absolute atomic E-state index is 3.66. The van der Waals surface area contributed by atoms with Crippen LogP contribution in [0.2, 0.25) is 0 Å². The van der Waals surface area contributed by atoms with Gasteiger partial charge in [-0.15, -0.1) is 0 Å². The van der Waals surface area contributed by atoms with E-state index in [1.54, 1.807) is 0 Å². The summed E-state index contributed by atoms with van der Waals surface area (Å²) in [6, 6.07) is 23.5. The van der Waals surface area contributed by atoms with Crippen LogP contribution in [0.15, 0.2) is 71.2 Å². The van der Waals surface area contributed by atoms with Crippen LogP contribution in [0.5, 0.6) is 0 Å². The zero-order valence-electron chi connectivity index (χ0n) is 12.2. The molecule has 0 aliphatic carbocycles. The normalized spacial score (nSPS) is 10.6.